The summed E-state index contributed by atoms with van der Waals surface area (Å²) in [4.78, 5) is 16.9. The van der Waals surface area contributed by atoms with Crippen LogP contribution in [0.4, 0.5) is 5.95 Å². The molecule has 1 aliphatic heterocycles. The Hall–Kier alpha value is -2.64. The van der Waals surface area contributed by atoms with Crippen molar-refractivity contribution >= 4 is 16.9 Å². The zero-order chi connectivity index (χ0) is 19.7. The molecule has 148 valence electrons. The SMILES string of the molecule is COc1ccc2c([C@H](O)CN3CCN(c4nc(C)cc(C)n4)CC3)c[nH]c2c1. The fourth-order valence-electron chi connectivity index (χ4n) is 3.85. The number of nitrogens with one attached hydrogen (secondary N) is 1. The summed E-state index contributed by atoms with van der Waals surface area (Å²) < 4.78 is 5.27. The van der Waals surface area contributed by atoms with Gasteiger partial charge in [-0.1, -0.05) is 0 Å². The Balaban J connectivity index is 1.39. The minimum atomic E-state index is -0.536. The Bertz CT molecular complexity index is 942. The van der Waals surface area contributed by atoms with Gasteiger partial charge in [0.1, 0.15) is 5.75 Å². The highest BCUT2D eigenvalue weighted by Crippen LogP contribution is 2.28. The molecular formula is C21H27N5O2. The second-order valence-corrected chi connectivity index (χ2v) is 7.41. The molecule has 4 rings (SSSR count). The second kappa shape index (κ2) is 7.77. The molecule has 2 N–H and O–H groups in total. The maximum absolute atomic E-state index is 10.8. The standard InChI is InChI=1S/C21H27N5O2/c1-14-10-15(2)24-21(23-14)26-8-6-25(7-9-26)13-20(27)18-12-22-19-11-16(28-3)4-5-17(18)19/h4-5,10-12,20,22,27H,6-9,13H2,1-3H3/t20-/m1/s1. The number of aromatic nitrogens is 3. The lowest BCUT2D eigenvalue weighted by atomic mass is 10.1. The second-order valence-electron chi connectivity index (χ2n) is 7.41. The first-order chi connectivity index (χ1) is 13.5. The van der Waals surface area contributed by atoms with Crippen LogP contribution in [0.25, 0.3) is 10.9 Å². The first kappa shape index (κ1) is 18.7. The van der Waals surface area contributed by atoms with Gasteiger partial charge in [-0.15, -0.1) is 0 Å². The molecule has 0 radical (unpaired) electrons. The van der Waals surface area contributed by atoms with Gasteiger partial charge in [-0.05, 0) is 32.0 Å². The highest BCUT2D eigenvalue weighted by Gasteiger charge is 2.23. The number of methoxy groups -OCH3 is 1. The van der Waals surface area contributed by atoms with E-state index in [-0.39, 0.29) is 0 Å². The molecule has 0 saturated carbocycles. The minimum absolute atomic E-state index is 0.536. The molecule has 3 aromatic rings. The molecule has 7 nitrogen and oxygen atoms in total. The van der Waals surface area contributed by atoms with Crippen LogP contribution < -0.4 is 9.64 Å². The number of anilines is 1. The number of benzene rings is 1. The summed E-state index contributed by atoms with van der Waals surface area (Å²) in [5, 5.41) is 11.8. The number of piperazine rings is 1. The van der Waals surface area contributed by atoms with E-state index in [1.807, 2.05) is 44.3 Å². The molecule has 0 amide bonds. The Labute approximate surface area is 165 Å². The molecule has 0 aliphatic carbocycles. The number of aryl methyl sites for hydroxylation is 2. The number of aromatic amines is 1. The van der Waals surface area contributed by atoms with E-state index in [1.54, 1.807) is 7.11 Å². The van der Waals surface area contributed by atoms with Crippen molar-refractivity contribution in [1.82, 2.24) is 19.9 Å². The van der Waals surface area contributed by atoms with Gasteiger partial charge in [0.15, 0.2) is 0 Å². The summed E-state index contributed by atoms with van der Waals surface area (Å²) in [6.07, 6.45) is 1.36. The number of hydrogen-bond donors (Lipinski definition) is 2. The highest BCUT2D eigenvalue weighted by atomic mass is 16.5. The van der Waals surface area contributed by atoms with Gasteiger partial charge in [-0.2, -0.15) is 0 Å². The third-order valence-corrected chi connectivity index (χ3v) is 5.34. The molecule has 0 bridgehead atoms. The van der Waals surface area contributed by atoms with Crippen molar-refractivity contribution in [3.8, 4) is 5.75 Å². The third kappa shape index (κ3) is 3.81. The average molecular weight is 381 g/mol. The molecular weight excluding hydrogens is 354 g/mol. The van der Waals surface area contributed by atoms with Crippen molar-refractivity contribution in [3.05, 3.63) is 47.4 Å². The van der Waals surface area contributed by atoms with E-state index in [1.165, 1.54) is 0 Å². The smallest absolute Gasteiger partial charge is 0.225 e. The molecule has 1 fully saturated rings. The Morgan fingerprint density at radius 2 is 1.82 bits per heavy atom. The fourth-order valence-corrected chi connectivity index (χ4v) is 3.85. The number of ether oxygens (including phenoxy) is 1. The topological polar surface area (TPSA) is 77.5 Å². The third-order valence-electron chi connectivity index (χ3n) is 5.34. The number of fused-ring (bicyclic) bond motifs is 1. The van der Waals surface area contributed by atoms with E-state index in [2.05, 4.69) is 24.8 Å². The summed E-state index contributed by atoms with van der Waals surface area (Å²) in [7, 11) is 1.66. The van der Waals surface area contributed by atoms with E-state index in [0.717, 1.165) is 65.7 Å². The van der Waals surface area contributed by atoms with Crippen LogP contribution >= 0.6 is 0 Å². The van der Waals surface area contributed by atoms with Crippen molar-refractivity contribution in [2.45, 2.75) is 20.0 Å². The van der Waals surface area contributed by atoms with E-state index < -0.39 is 6.10 Å². The molecule has 3 heterocycles. The zero-order valence-corrected chi connectivity index (χ0v) is 16.6. The van der Waals surface area contributed by atoms with Crippen molar-refractivity contribution in [3.63, 3.8) is 0 Å². The van der Waals surface area contributed by atoms with E-state index in [0.29, 0.717) is 6.54 Å². The molecule has 7 heteroatoms. The van der Waals surface area contributed by atoms with Crippen LogP contribution in [0.2, 0.25) is 0 Å². The summed E-state index contributed by atoms with van der Waals surface area (Å²) in [5.74, 6) is 1.61. The van der Waals surface area contributed by atoms with Crippen molar-refractivity contribution in [2.24, 2.45) is 0 Å². The van der Waals surface area contributed by atoms with Gasteiger partial charge in [0, 0.05) is 72.8 Å². The first-order valence-electron chi connectivity index (χ1n) is 9.66. The molecule has 1 saturated heterocycles. The highest BCUT2D eigenvalue weighted by molar-refractivity contribution is 5.84. The quantitative estimate of drug-likeness (QED) is 0.707. The average Bonchev–Trinajstić information content (AvgIpc) is 3.11. The predicted octanol–water partition coefficient (Wildman–Crippen LogP) is 2.44. The van der Waals surface area contributed by atoms with Gasteiger partial charge in [0.05, 0.1) is 13.2 Å². The van der Waals surface area contributed by atoms with Gasteiger partial charge in [0.2, 0.25) is 5.95 Å². The van der Waals surface area contributed by atoms with Crippen molar-refractivity contribution in [1.29, 1.82) is 0 Å². The van der Waals surface area contributed by atoms with Crippen LogP contribution in [-0.4, -0.2) is 64.8 Å². The monoisotopic (exact) mass is 381 g/mol. The van der Waals surface area contributed by atoms with Crippen molar-refractivity contribution < 1.29 is 9.84 Å². The Morgan fingerprint density at radius 1 is 1.11 bits per heavy atom. The Morgan fingerprint density at radius 3 is 2.50 bits per heavy atom. The maximum Gasteiger partial charge on any atom is 0.225 e. The number of nitrogens with zero attached hydrogens (tertiary/aromatic N) is 4. The number of aliphatic hydroxyl groups excluding tert-OH is 1. The van der Waals surface area contributed by atoms with Crippen LogP contribution in [0.3, 0.4) is 0 Å². The van der Waals surface area contributed by atoms with Gasteiger partial charge in [-0.25, -0.2) is 9.97 Å². The van der Waals surface area contributed by atoms with Gasteiger partial charge in [-0.3, -0.25) is 4.90 Å². The van der Waals surface area contributed by atoms with E-state index >= 15 is 0 Å². The molecule has 1 atom stereocenters. The molecule has 0 unspecified atom stereocenters. The van der Waals surface area contributed by atoms with E-state index in [9.17, 15) is 5.11 Å². The molecule has 1 aromatic carbocycles. The van der Waals surface area contributed by atoms with Crippen LogP contribution in [-0.2, 0) is 0 Å². The number of aliphatic hydroxyl groups is 1. The van der Waals surface area contributed by atoms with Gasteiger partial charge in [0.25, 0.3) is 0 Å². The summed E-state index contributed by atoms with van der Waals surface area (Å²) in [5.41, 5.74) is 3.90. The number of β-amino-alcohol motifs (C(OH)–C–C–N with tert-alkyl or cyclic N) is 1. The Kier molecular flexibility index (Phi) is 5.19. The van der Waals surface area contributed by atoms with Crippen LogP contribution in [0.15, 0.2) is 30.5 Å². The lowest BCUT2D eigenvalue weighted by Gasteiger charge is -2.35. The first-order valence-corrected chi connectivity index (χ1v) is 9.66. The lowest BCUT2D eigenvalue weighted by molar-refractivity contribution is 0.110. The lowest BCUT2D eigenvalue weighted by Crippen LogP contribution is -2.48. The largest absolute Gasteiger partial charge is 0.497 e. The summed E-state index contributed by atoms with van der Waals surface area (Å²) in [6.45, 7) is 8.10. The van der Waals surface area contributed by atoms with Gasteiger partial charge >= 0.3 is 0 Å². The number of H-pyrrole nitrogens is 1. The minimum Gasteiger partial charge on any atom is -0.497 e. The molecule has 0 spiro atoms. The van der Waals surface area contributed by atoms with Gasteiger partial charge < -0.3 is 19.7 Å². The van der Waals surface area contributed by atoms with Crippen LogP contribution in [0.1, 0.15) is 23.1 Å². The molecule has 28 heavy (non-hydrogen) atoms. The fraction of sp³-hybridized carbons (Fsp3) is 0.429. The molecule has 1 aliphatic rings. The summed E-state index contributed by atoms with van der Waals surface area (Å²) in [6, 6.07) is 7.87. The maximum atomic E-state index is 10.8. The van der Waals surface area contributed by atoms with Crippen molar-refractivity contribution in [2.75, 3.05) is 44.7 Å². The summed E-state index contributed by atoms with van der Waals surface area (Å²) >= 11 is 0. The number of hydrogen-bond acceptors (Lipinski definition) is 6. The predicted molar refractivity (Wildman–Crippen MR) is 110 cm³/mol. The number of rotatable bonds is 5. The van der Waals surface area contributed by atoms with E-state index in [4.69, 9.17) is 4.74 Å². The normalized spacial score (nSPS) is 16.5. The molecule has 2 aromatic heterocycles. The van der Waals surface area contributed by atoms with Crippen LogP contribution in [0, 0.1) is 13.8 Å². The zero-order valence-electron chi connectivity index (χ0n) is 16.6. The van der Waals surface area contributed by atoms with Crippen LogP contribution in [0.5, 0.6) is 5.75 Å².